The van der Waals surface area contributed by atoms with Crippen molar-refractivity contribution in [1.82, 2.24) is 4.90 Å². The monoisotopic (exact) mass is 444 g/mol. The minimum absolute atomic E-state index is 0.00494. The summed E-state index contributed by atoms with van der Waals surface area (Å²) < 4.78 is 11.2. The van der Waals surface area contributed by atoms with E-state index in [2.05, 4.69) is 5.32 Å². The van der Waals surface area contributed by atoms with Gasteiger partial charge in [-0.3, -0.25) is 9.59 Å². The first-order chi connectivity index (χ1) is 14.9. The van der Waals surface area contributed by atoms with Gasteiger partial charge in [0.2, 0.25) is 5.91 Å². The third-order valence-electron chi connectivity index (χ3n) is 5.23. The van der Waals surface area contributed by atoms with Crippen LogP contribution in [0.4, 0.5) is 5.69 Å². The lowest BCUT2D eigenvalue weighted by molar-refractivity contribution is -0.121. The molecule has 1 aliphatic heterocycles. The Kier molecular flexibility index (Phi) is 7.80. The van der Waals surface area contributed by atoms with Crippen molar-refractivity contribution < 1.29 is 19.1 Å². The first kappa shape index (κ1) is 22.9. The number of methoxy groups -OCH3 is 1. The Labute approximate surface area is 188 Å². The molecule has 0 spiro atoms. The predicted molar refractivity (Wildman–Crippen MR) is 122 cm³/mol. The van der Waals surface area contributed by atoms with Crippen molar-refractivity contribution in [2.45, 2.75) is 26.7 Å². The number of halogens is 1. The highest BCUT2D eigenvalue weighted by Crippen LogP contribution is 2.37. The molecule has 31 heavy (non-hydrogen) atoms. The summed E-state index contributed by atoms with van der Waals surface area (Å²) in [6.07, 6.45) is 1.23. The van der Waals surface area contributed by atoms with Gasteiger partial charge in [-0.1, -0.05) is 43.6 Å². The maximum Gasteiger partial charge on any atom is 0.254 e. The first-order valence-electron chi connectivity index (χ1n) is 10.5. The van der Waals surface area contributed by atoms with Crippen LogP contribution in [0.1, 0.15) is 37.0 Å². The number of nitrogens with zero attached hydrogens (tertiary/aromatic N) is 1. The molecule has 0 unspecified atom stereocenters. The van der Waals surface area contributed by atoms with Crippen LogP contribution in [0.15, 0.2) is 42.5 Å². The summed E-state index contributed by atoms with van der Waals surface area (Å²) in [7, 11) is 1.53. The standard InChI is InChI=1S/C24H29ClN2O4/c1-16(2)15-31-22-20(25)13-18(14-21(22)30-3)24(29)27-11-9-17(10-12-27)23(28)26-19-7-5-4-6-8-19/h4-8,13-14,16-17H,9-12,15H2,1-3H3,(H,26,28). The molecular formula is C24H29ClN2O4. The molecule has 1 saturated heterocycles. The van der Waals surface area contributed by atoms with Crippen molar-refractivity contribution in [2.75, 3.05) is 32.1 Å². The number of ether oxygens (including phenoxy) is 2. The lowest BCUT2D eigenvalue weighted by Gasteiger charge is -2.31. The minimum Gasteiger partial charge on any atom is -0.493 e. The summed E-state index contributed by atoms with van der Waals surface area (Å²) in [6.45, 7) is 5.61. The van der Waals surface area contributed by atoms with Gasteiger partial charge in [0.05, 0.1) is 18.7 Å². The number of carbonyl (C=O) groups is 2. The first-order valence-corrected chi connectivity index (χ1v) is 10.9. The van der Waals surface area contributed by atoms with Crippen LogP contribution in [0.5, 0.6) is 11.5 Å². The average molecular weight is 445 g/mol. The summed E-state index contributed by atoms with van der Waals surface area (Å²) in [5.41, 5.74) is 1.23. The number of hydrogen-bond acceptors (Lipinski definition) is 4. The number of nitrogens with one attached hydrogen (secondary N) is 1. The van der Waals surface area contributed by atoms with E-state index in [1.807, 2.05) is 44.2 Å². The Morgan fingerprint density at radius 3 is 2.45 bits per heavy atom. The fourth-order valence-corrected chi connectivity index (χ4v) is 3.79. The number of hydrogen-bond donors (Lipinski definition) is 1. The Bertz CT molecular complexity index is 909. The Balaban J connectivity index is 1.62. The molecule has 1 N–H and O–H groups in total. The molecule has 0 saturated carbocycles. The second-order valence-electron chi connectivity index (χ2n) is 8.12. The molecule has 3 rings (SSSR count). The van der Waals surface area contributed by atoms with E-state index in [-0.39, 0.29) is 17.7 Å². The van der Waals surface area contributed by atoms with Gasteiger partial charge >= 0.3 is 0 Å². The molecule has 0 atom stereocenters. The van der Waals surface area contributed by atoms with Gasteiger partial charge in [-0.15, -0.1) is 0 Å². The highest BCUT2D eigenvalue weighted by Gasteiger charge is 2.29. The molecule has 166 valence electrons. The number of likely N-dealkylation sites (tertiary alicyclic amines) is 1. The zero-order valence-corrected chi connectivity index (χ0v) is 18.9. The largest absolute Gasteiger partial charge is 0.493 e. The maximum atomic E-state index is 13.0. The number of piperidine rings is 1. The molecule has 1 fully saturated rings. The van der Waals surface area contributed by atoms with Crippen LogP contribution in [0.25, 0.3) is 0 Å². The maximum absolute atomic E-state index is 13.0. The van der Waals surface area contributed by atoms with Crippen molar-refractivity contribution in [3.63, 3.8) is 0 Å². The fraction of sp³-hybridized carbons (Fsp3) is 0.417. The van der Waals surface area contributed by atoms with E-state index in [4.69, 9.17) is 21.1 Å². The number of carbonyl (C=O) groups excluding carboxylic acids is 2. The van der Waals surface area contributed by atoms with Crippen LogP contribution in [-0.2, 0) is 4.79 Å². The van der Waals surface area contributed by atoms with Crippen LogP contribution in [0.2, 0.25) is 5.02 Å². The molecule has 0 aliphatic carbocycles. The van der Waals surface area contributed by atoms with Crippen molar-refractivity contribution in [3.05, 3.63) is 53.1 Å². The molecule has 2 amide bonds. The SMILES string of the molecule is COc1cc(C(=O)N2CCC(C(=O)Nc3ccccc3)CC2)cc(Cl)c1OCC(C)C. The normalized spacial score (nSPS) is 14.4. The quantitative estimate of drug-likeness (QED) is 0.661. The summed E-state index contributed by atoms with van der Waals surface area (Å²) in [6, 6.07) is 12.7. The van der Waals surface area contributed by atoms with Crippen molar-refractivity contribution >= 4 is 29.1 Å². The number of para-hydroxylation sites is 1. The van der Waals surface area contributed by atoms with Crippen molar-refractivity contribution in [1.29, 1.82) is 0 Å². The molecule has 1 aliphatic rings. The summed E-state index contributed by atoms with van der Waals surface area (Å²) in [4.78, 5) is 27.3. The minimum atomic E-state index is -0.127. The molecule has 1 heterocycles. The lowest BCUT2D eigenvalue weighted by atomic mass is 9.95. The number of anilines is 1. The zero-order chi connectivity index (χ0) is 22.4. The highest BCUT2D eigenvalue weighted by atomic mass is 35.5. The van der Waals surface area contributed by atoms with Gasteiger partial charge in [-0.05, 0) is 43.0 Å². The number of benzene rings is 2. The van der Waals surface area contributed by atoms with Crippen LogP contribution in [0.3, 0.4) is 0 Å². The van der Waals surface area contributed by atoms with Crippen LogP contribution >= 0.6 is 11.6 Å². The number of amides is 2. The van der Waals surface area contributed by atoms with E-state index >= 15 is 0 Å². The van der Waals surface area contributed by atoms with E-state index in [0.717, 1.165) is 5.69 Å². The van der Waals surface area contributed by atoms with E-state index in [0.29, 0.717) is 60.5 Å². The molecule has 0 bridgehead atoms. The average Bonchev–Trinajstić information content (AvgIpc) is 2.77. The highest BCUT2D eigenvalue weighted by molar-refractivity contribution is 6.32. The van der Waals surface area contributed by atoms with Crippen molar-refractivity contribution in [2.24, 2.45) is 11.8 Å². The lowest BCUT2D eigenvalue weighted by Crippen LogP contribution is -2.41. The summed E-state index contributed by atoms with van der Waals surface area (Å²) in [5.74, 6) is 0.975. The molecule has 0 aromatic heterocycles. The van der Waals surface area contributed by atoms with Gasteiger partial charge in [0.15, 0.2) is 11.5 Å². The Morgan fingerprint density at radius 1 is 1.16 bits per heavy atom. The van der Waals surface area contributed by atoms with Crippen LogP contribution in [0, 0.1) is 11.8 Å². The van der Waals surface area contributed by atoms with Gasteiger partial charge in [0.1, 0.15) is 0 Å². The Morgan fingerprint density at radius 2 is 1.84 bits per heavy atom. The topological polar surface area (TPSA) is 67.9 Å². The zero-order valence-electron chi connectivity index (χ0n) is 18.2. The molecule has 6 nitrogen and oxygen atoms in total. The molecule has 7 heteroatoms. The van der Waals surface area contributed by atoms with Gasteiger partial charge in [-0.2, -0.15) is 0 Å². The summed E-state index contributed by atoms with van der Waals surface area (Å²) in [5, 5.41) is 3.29. The van der Waals surface area contributed by atoms with Gasteiger partial charge in [0, 0.05) is 30.3 Å². The Hall–Kier alpha value is -2.73. The summed E-state index contributed by atoms with van der Waals surface area (Å²) >= 11 is 6.39. The van der Waals surface area contributed by atoms with Gasteiger partial charge in [-0.25, -0.2) is 0 Å². The van der Waals surface area contributed by atoms with Gasteiger partial charge < -0.3 is 19.7 Å². The second-order valence-corrected chi connectivity index (χ2v) is 8.52. The van der Waals surface area contributed by atoms with Crippen LogP contribution in [-0.4, -0.2) is 43.5 Å². The molecule has 2 aromatic rings. The second kappa shape index (κ2) is 10.5. The third-order valence-corrected chi connectivity index (χ3v) is 5.51. The number of rotatable bonds is 7. The third kappa shape index (κ3) is 5.91. The molecule has 0 radical (unpaired) electrons. The predicted octanol–water partition coefficient (Wildman–Crippen LogP) is 4.87. The molecular weight excluding hydrogens is 416 g/mol. The van der Waals surface area contributed by atoms with Gasteiger partial charge in [0.25, 0.3) is 5.91 Å². The van der Waals surface area contributed by atoms with Crippen molar-refractivity contribution in [3.8, 4) is 11.5 Å². The smallest absolute Gasteiger partial charge is 0.254 e. The fourth-order valence-electron chi connectivity index (χ4n) is 3.53. The van der Waals surface area contributed by atoms with E-state index in [1.54, 1.807) is 17.0 Å². The van der Waals surface area contributed by atoms with E-state index < -0.39 is 0 Å². The molecule has 2 aromatic carbocycles. The van der Waals surface area contributed by atoms with E-state index in [9.17, 15) is 9.59 Å². The van der Waals surface area contributed by atoms with E-state index in [1.165, 1.54) is 7.11 Å². The van der Waals surface area contributed by atoms with Crippen LogP contribution < -0.4 is 14.8 Å².